The quantitative estimate of drug-likeness (QED) is 0.411. The van der Waals surface area contributed by atoms with Crippen LogP contribution in [0.4, 0.5) is 13.2 Å². The largest absolute Gasteiger partial charge is 0.469 e. The second-order valence-electron chi connectivity index (χ2n) is 5.17. The first-order valence-corrected chi connectivity index (χ1v) is 8.94. The summed E-state index contributed by atoms with van der Waals surface area (Å²) in [6, 6.07) is 7.57. The lowest BCUT2D eigenvalue weighted by molar-refractivity contribution is 0.113. The van der Waals surface area contributed by atoms with Gasteiger partial charge in [-0.25, -0.2) is 13.2 Å². The Kier molecular flexibility index (Phi) is 6.83. The van der Waals surface area contributed by atoms with Crippen molar-refractivity contribution in [1.82, 2.24) is 4.57 Å². The molecule has 0 aromatic heterocycles. The lowest BCUT2D eigenvalue weighted by Gasteiger charge is -2.17. The van der Waals surface area contributed by atoms with Crippen LogP contribution in [-0.2, 0) is 4.43 Å². The number of hydrogen-bond acceptors (Lipinski definition) is 3. The Morgan fingerprint density at radius 3 is 2.08 bits per heavy atom. The molecule has 0 saturated carbocycles. The lowest BCUT2D eigenvalue weighted by atomic mass is 10.0. The molecule has 24 heavy (non-hydrogen) atoms. The molecule has 0 heterocycles. The van der Waals surface area contributed by atoms with Crippen LogP contribution < -0.4 is 4.74 Å². The molecule has 0 unspecified atom stereocenters. The number of benzene rings is 2. The molecule has 0 N–H and O–H groups in total. The van der Waals surface area contributed by atoms with Gasteiger partial charge in [-0.2, -0.15) is 0 Å². The fraction of sp³-hybridized carbons (Fsp3) is 0.294. The van der Waals surface area contributed by atoms with E-state index in [0.29, 0.717) is 23.4 Å². The van der Waals surface area contributed by atoms with Crippen LogP contribution in [0.5, 0.6) is 5.75 Å². The van der Waals surface area contributed by atoms with Gasteiger partial charge >= 0.3 is 0 Å². The van der Waals surface area contributed by atoms with Crippen molar-refractivity contribution in [3.05, 3.63) is 53.8 Å². The molecule has 0 fully saturated rings. The second-order valence-corrected chi connectivity index (χ2v) is 6.73. The maximum absolute atomic E-state index is 13.8. The van der Waals surface area contributed by atoms with Gasteiger partial charge in [0.1, 0.15) is 23.2 Å². The van der Waals surface area contributed by atoms with Crippen LogP contribution in [0.25, 0.3) is 11.1 Å². The molecule has 0 bridgehead atoms. The van der Waals surface area contributed by atoms with Gasteiger partial charge in [-0.3, -0.25) is 0 Å². The Bertz CT molecular complexity index is 640. The van der Waals surface area contributed by atoms with Gasteiger partial charge in [-0.15, -0.1) is 0 Å². The minimum Gasteiger partial charge on any atom is -0.469 e. The monoisotopic (exact) mass is 355 g/mol. The van der Waals surface area contributed by atoms with Gasteiger partial charge < -0.3 is 13.7 Å². The molecule has 0 radical (unpaired) electrons. The minimum atomic E-state index is -0.941. The normalized spacial score (nSPS) is 11.6. The van der Waals surface area contributed by atoms with Gasteiger partial charge in [-0.1, -0.05) is 26.0 Å². The van der Waals surface area contributed by atoms with Gasteiger partial charge in [-0.05, 0) is 30.8 Å². The highest BCUT2D eigenvalue weighted by Gasteiger charge is 2.13. The van der Waals surface area contributed by atoms with Crippen LogP contribution in [0.15, 0.2) is 36.4 Å². The second kappa shape index (κ2) is 8.86. The summed E-state index contributed by atoms with van der Waals surface area (Å²) in [6.07, 6.45) is 0. The summed E-state index contributed by atoms with van der Waals surface area (Å²) in [6.45, 7) is 6.19. The Morgan fingerprint density at radius 1 is 0.958 bits per heavy atom. The molecule has 2 aromatic rings. The highest BCUT2D eigenvalue weighted by molar-refractivity contribution is 6.23. The molecule has 2 aromatic carbocycles. The van der Waals surface area contributed by atoms with Gasteiger partial charge in [0.15, 0.2) is 6.79 Å². The number of hydrogen-bond donors (Lipinski definition) is 0. The first kappa shape index (κ1) is 18.5. The number of nitrogens with zero attached hydrogens (tertiary/aromatic N) is 1. The molecule has 0 spiro atoms. The van der Waals surface area contributed by atoms with Gasteiger partial charge in [0.25, 0.3) is 0 Å². The molecular formula is C17H20F3NO2Si. The molecule has 2 rings (SSSR count). The van der Waals surface area contributed by atoms with E-state index in [2.05, 4.69) is 18.4 Å². The minimum absolute atomic E-state index is 0.140. The van der Waals surface area contributed by atoms with Gasteiger partial charge in [0.05, 0.1) is 5.56 Å². The Labute approximate surface area is 142 Å². The average molecular weight is 355 g/mol. The van der Waals surface area contributed by atoms with E-state index >= 15 is 0 Å². The van der Waals surface area contributed by atoms with E-state index in [9.17, 15) is 13.2 Å². The molecule has 0 amide bonds. The summed E-state index contributed by atoms with van der Waals surface area (Å²) in [5, 5.41) is 0. The Hall–Kier alpha value is -1.83. The van der Waals surface area contributed by atoms with E-state index in [-0.39, 0.29) is 12.4 Å². The fourth-order valence-corrected chi connectivity index (χ4v) is 3.00. The maximum Gasteiger partial charge on any atom is 0.243 e. The lowest BCUT2D eigenvalue weighted by Crippen LogP contribution is -2.30. The van der Waals surface area contributed by atoms with Crippen LogP contribution in [0.2, 0.25) is 0 Å². The summed E-state index contributed by atoms with van der Waals surface area (Å²) in [5.41, 5.74) is 0.0592. The SMILES string of the molecule is CCN(CC)[SiH2]OCOc1ccc(-c2c(F)cc(F)cc2F)cc1. The third-order valence-electron chi connectivity index (χ3n) is 3.63. The summed E-state index contributed by atoms with van der Waals surface area (Å²) >= 11 is 0. The highest BCUT2D eigenvalue weighted by Crippen LogP contribution is 2.28. The predicted octanol–water partition coefficient (Wildman–Crippen LogP) is 3.46. The van der Waals surface area contributed by atoms with Crippen molar-refractivity contribution in [3.63, 3.8) is 0 Å². The van der Waals surface area contributed by atoms with E-state index in [4.69, 9.17) is 9.16 Å². The van der Waals surface area contributed by atoms with E-state index in [1.807, 2.05) is 0 Å². The first-order chi connectivity index (χ1) is 11.5. The third kappa shape index (κ3) is 4.83. The number of ether oxygens (including phenoxy) is 1. The molecule has 7 heteroatoms. The molecule has 0 aliphatic carbocycles. The van der Waals surface area contributed by atoms with Gasteiger partial charge in [0.2, 0.25) is 9.92 Å². The van der Waals surface area contributed by atoms with Crippen molar-refractivity contribution in [2.24, 2.45) is 0 Å². The molecule has 0 atom stereocenters. The van der Waals surface area contributed by atoms with E-state index in [0.717, 1.165) is 13.1 Å². The maximum atomic E-state index is 13.8. The first-order valence-electron chi connectivity index (χ1n) is 7.73. The standard InChI is InChI=1S/C17H20F3NO2Si/c1-3-21(4-2)24-23-11-22-14-7-5-12(6-8-14)17-15(19)9-13(18)10-16(17)20/h5-10H,3-4,11,24H2,1-2H3. The molecule has 0 aliphatic rings. The molecule has 130 valence electrons. The average Bonchev–Trinajstić information content (AvgIpc) is 2.55. The Balaban J connectivity index is 1.96. The van der Waals surface area contributed by atoms with Crippen LogP contribution in [-0.4, -0.2) is 34.4 Å². The molecule has 0 saturated heterocycles. The smallest absolute Gasteiger partial charge is 0.243 e. The zero-order chi connectivity index (χ0) is 17.5. The third-order valence-corrected chi connectivity index (χ3v) is 5.24. The van der Waals surface area contributed by atoms with Crippen molar-refractivity contribution < 1.29 is 22.3 Å². The topological polar surface area (TPSA) is 21.7 Å². The van der Waals surface area contributed by atoms with E-state index < -0.39 is 27.4 Å². The summed E-state index contributed by atoms with van der Waals surface area (Å²) in [4.78, 5) is 0. The summed E-state index contributed by atoms with van der Waals surface area (Å²) in [7, 11) is -0.781. The zero-order valence-electron chi connectivity index (χ0n) is 13.7. The van der Waals surface area contributed by atoms with Crippen molar-refractivity contribution in [3.8, 4) is 16.9 Å². The van der Waals surface area contributed by atoms with Crippen molar-refractivity contribution in [2.45, 2.75) is 13.8 Å². The summed E-state index contributed by atoms with van der Waals surface area (Å²) < 4.78 is 53.7. The van der Waals surface area contributed by atoms with Crippen LogP contribution in [0.1, 0.15) is 13.8 Å². The van der Waals surface area contributed by atoms with Crippen molar-refractivity contribution >= 4 is 9.92 Å². The molecule has 3 nitrogen and oxygen atoms in total. The molecular weight excluding hydrogens is 335 g/mol. The van der Waals surface area contributed by atoms with Crippen LogP contribution in [0.3, 0.4) is 0 Å². The number of rotatable bonds is 8. The van der Waals surface area contributed by atoms with Crippen molar-refractivity contribution in [2.75, 3.05) is 19.9 Å². The zero-order valence-corrected chi connectivity index (χ0v) is 15.1. The number of halogens is 3. The van der Waals surface area contributed by atoms with E-state index in [1.165, 1.54) is 12.1 Å². The highest BCUT2D eigenvalue weighted by atomic mass is 28.2. The molecule has 0 aliphatic heterocycles. The van der Waals surface area contributed by atoms with Crippen LogP contribution >= 0.6 is 0 Å². The van der Waals surface area contributed by atoms with Crippen LogP contribution in [0, 0.1) is 17.5 Å². The fourth-order valence-electron chi connectivity index (χ4n) is 2.22. The summed E-state index contributed by atoms with van der Waals surface area (Å²) in [5.74, 6) is -2.28. The predicted molar refractivity (Wildman–Crippen MR) is 89.8 cm³/mol. The Morgan fingerprint density at radius 2 is 1.54 bits per heavy atom. The van der Waals surface area contributed by atoms with E-state index in [1.54, 1.807) is 12.1 Å². The van der Waals surface area contributed by atoms with Crippen molar-refractivity contribution in [1.29, 1.82) is 0 Å². The van der Waals surface area contributed by atoms with Gasteiger partial charge in [0, 0.05) is 12.1 Å².